The molecule has 1 N–H and O–H groups in total. The van der Waals surface area contributed by atoms with Gasteiger partial charge in [-0.1, -0.05) is 6.42 Å². The molecule has 0 spiro atoms. The van der Waals surface area contributed by atoms with Crippen molar-refractivity contribution in [1.82, 2.24) is 20.3 Å². The minimum absolute atomic E-state index is 0.0190. The van der Waals surface area contributed by atoms with Gasteiger partial charge in [-0.05, 0) is 31.5 Å². The van der Waals surface area contributed by atoms with Gasteiger partial charge >= 0.3 is 12.1 Å². The largest absolute Gasteiger partial charge is 0.493 e. The number of carbonyl (C=O) groups is 1. The second-order valence-corrected chi connectivity index (χ2v) is 5.66. The van der Waals surface area contributed by atoms with E-state index >= 15 is 0 Å². The average molecular weight is 355 g/mol. The van der Waals surface area contributed by atoms with Crippen LogP contribution in [0.2, 0.25) is 0 Å². The quantitative estimate of drug-likeness (QED) is 0.840. The first-order chi connectivity index (χ1) is 11.9. The summed E-state index contributed by atoms with van der Waals surface area (Å²) in [5.41, 5.74) is 0.744. The zero-order chi connectivity index (χ0) is 17.9. The van der Waals surface area contributed by atoms with Crippen molar-refractivity contribution in [1.29, 1.82) is 0 Å². The molecule has 2 aromatic heterocycles. The number of hydrogen-bond acceptors (Lipinski definition) is 7. The number of anilines is 1. The minimum Gasteiger partial charge on any atom is -0.331 e. The second-order valence-electron chi connectivity index (χ2n) is 5.66. The smallest absolute Gasteiger partial charge is 0.331 e. The van der Waals surface area contributed by atoms with Gasteiger partial charge in [-0.2, -0.15) is 18.2 Å². The molecule has 0 radical (unpaired) electrons. The number of aromatic nitrogens is 3. The monoisotopic (exact) mass is 355 g/mol. The summed E-state index contributed by atoms with van der Waals surface area (Å²) in [5, 5.41) is 4.04. The molecule has 134 valence electrons. The van der Waals surface area contributed by atoms with E-state index in [9.17, 15) is 18.0 Å². The van der Waals surface area contributed by atoms with Gasteiger partial charge in [0.05, 0.1) is 12.7 Å². The lowest BCUT2D eigenvalue weighted by Gasteiger charge is -2.29. The van der Waals surface area contributed by atoms with E-state index in [4.69, 9.17) is 0 Å². The maximum atomic E-state index is 12.6. The van der Waals surface area contributed by atoms with Crippen LogP contribution >= 0.6 is 0 Å². The van der Waals surface area contributed by atoms with Crippen LogP contribution in [0.1, 0.15) is 19.3 Å². The van der Waals surface area contributed by atoms with E-state index in [0.717, 1.165) is 30.9 Å². The number of pyridine rings is 1. The Bertz CT molecular complexity index is 749. The van der Waals surface area contributed by atoms with Gasteiger partial charge in [0.15, 0.2) is 11.5 Å². The highest BCUT2D eigenvalue weighted by molar-refractivity contribution is 5.77. The van der Waals surface area contributed by atoms with Gasteiger partial charge in [-0.15, -0.1) is 0 Å². The molecule has 0 aliphatic carbocycles. The van der Waals surface area contributed by atoms with Gasteiger partial charge in [0.25, 0.3) is 0 Å². The molecule has 3 rings (SSSR count). The van der Waals surface area contributed by atoms with E-state index in [0.29, 0.717) is 11.2 Å². The Morgan fingerprint density at radius 3 is 2.92 bits per heavy atom. The molecule has 25 heavy (non-hydrogen) atoms. The number of alkyl halides is 3. The predicted octanol–water partition coefficient (Wildman–Crippen LogP) is 1.99. The summed E-state index contributed by atoms with van der Waals surface area (Å²) in [6.45, 7) is 0.807. The first-order valence-corrected chi connectivity index (χ1v) is 7.81. The van der Waals surface area contributed by atoms with E-state index in [2.05, 4.69) is 25.1 Å². The number of hydrogen-bond donors (Lipinski definition) is 1. The van der Waals surface area contributed by atoms with Crippen molar-refractivity contribution >= 4 is 23.0 Å². The van der Waals surface area contributed by atoms with Crippen LogP contribution in [0.25, 0.3) is 11.2 Å². The third-order valence-electron chi connectivity index (χ3n) is 3.78. The second kappa shape index (κ2) is 7.18. The Hall–Kier alpha value is -2.49. The lowest BCUT2D eigenvalue weighted by atomic mass is 10.1. The van der Waals surface area contributed by atoms with E-state index in [-0.39, 0.29) is 18.4 Å². The lowest BCUT2D eigenvalue weighted by molar-refractivity contribution is -0.201. The molecule has 0 saturated carbocycles. The fourth-order valence-electron chi connectivity index (χ4n) is 2.58. The number of carbonyl (C=O) groups excluding carboxylic acids is 1. The molecule has 1 atom stereocenters. The number of piperidine rings is 1. The molecule has 0 bridgehead atoms. The summed E-state index contributed by atoms with van der Waals surface area (Å²) < 4.78 is 37.8. The molecule has 1 aliphatic rings. The Balaban J connectivity index is 1.86. The normalized spacial score (nSPS) is 18.1. The van der Waals surface area contributed by atoms with E-state index in [1.807, 2.05) is 0 Å². The highest BCUT2D eigenvalue weighted by atomic mass is 19.4. The Morgan fingerprint density at radius 1 is 1.36 bits per heavy atom. The first kappa shape index (κ1) is 17.3. The maximum Gasteiger partial charge on any atom is 0.493 e. The molecule has 1 saturated heterocycles. The molecule has 2 aromatic rings. The molecule has 0 aromatic carbocycles. The summed E-state index contributed by atoms with van der Waals surface area (Å²) in [5.74, 6) is -2.28. The Labute approximate surface area is 141 Å². The van der Waals surface area contributed by atoms with Gasteiger partial charge in [0, 0.05) is 12.2 Å². The fourth-order valence-corrected chi connectivity index (χ4v) is 2.58. The van der Waals surface area contributed by atoms with Crippen LogP contribution in [0.5, 0.6) is 0 Å². The van der Waals surface area contributed by atoms with Gasteiger partial charge in [-0.25, -0.2) is 19.7 Å². The first-order valence-electron chi connectivity index (χ1n) is 7.81. The molecule has 0 amide bonds. The molecule has 1 fully saturated rings. The number of fused-ring (bicyclic) bond motifs is 1. The van der Waals surface area contributed by atoms with Crippen LogP contribution in [0, 0.1) is 0 Å². The van der Waals surface area contributed by atoms with Gasteiger partial charge in [-0.3, -0.25) is 0 Å². The van der Waals surface area contributed by atoms with Gasteiger partial charge in [0.2, 0.25) is 0 Å². The Morgan fingerprint density at radius 2 is 2.20 bits per heavy atom. The molecule has 1 aliphatic heterocycles. The standard InChI is InChI=1S/C15H16F3N5O2/c16-15(17,18)14(24)25-23(9-10-4-1-2-6-19-10)12-8-21-13-11(22-12)5-3-7-20-13/h3,5,7-8,10,19H,1-2,4,6,9H2. The van der Waals surface area contributed by atoms with Crippen molar-refractivity contribution in [2.75, 3.05) is 18.2 Å². The Kier molecular flexibility index (Phi) is 4.98. The maximum absolute atomic E-state index is 12.6. The van der Waals surface area contributed by atoms with Gasteiger partial charge in [0.1, 0.15) is 5.52 Å². The van der Waals surface area contributed by atoms with Crippen LogP contribution in [0.4, 0.5) is 19.0 Å². The molecular formula is C15H16F3N5O2. The minimum atomic E-state index is -5.09. The van der Waals surface area contributed by atoms with E-state index in [1.165, 1.54) is 12.4 Å². The topological polar surface area (TPSA) is 80.2 Å². The van der Waals surface area contributed by atoms with Crippen molar-refractivity contribution in [2.24, 2.45) is 0 Å². The zero-order valence-corrected chi connectivity index (χ0v) is 13.2. The van der Waals surface area contributed by atoms with Crippen molar-refractivity contribution in [2.45, 2.75) is 31.5 Å². The lowest BCUT2D eigenvalue weighted by Crippen LogP contribution is -2.46. The number of nitrogens with zero attached hydrogens (tertiary/aromatic N) is 4. The van der Waals surface area contributed by atoms with Crippen LogP contribution in [-0.4, -0.2) is 46.2 Å². The summed E-state index contributed by atoms with van der Waals surface area (Å²) in [6.07, 6.45) is 0.394. The van der Waals surface area contributed by atoms with Crippen molar-refractivity contribution in [3.8, 4) is 0 Å². The van der Waals surface area contributed by atoms with Crippen LogP contribution < -0.4 is 10.4 Å². The number of hydroxylamine groups is 1. The van der Waals surface area contributed by atoms with Crippen molar-refractivity contribution < 1.29 is 22.8 Å². The van der Waals surface area contributed by atoms with Crippen LogP contribution in [0.15, 0.2) is 24.5 Å². The SMILES string of the molecule is O=C(ON(CC1CCCCN1)c1cnc2ncccc2n1)C(F)(F)F. The fraction of sp³-hybridized carbons (Fsp3) is 0.467. The van der Waals surface area contributed by atoms with Crippen molar-refractivity contribution in [3.63, 3.8) is 0 Å². The zero-order valence-electron chi connectivity index (χ0n) is 13.2. The molecular weight excluding hydrogens is 339 g/mol. The highest BCUT2D eigenvalue weighted by Crippen LogP contribution is 2.22. The van der Waals surface area contributed by atoms with Crippen LogP contribution in [0.3, 0.4) is 0 Å². The average Bonchev–Trinajstić information content (AvgIpc) is 2.61. The van der Waals surface area contributed by atoms with Crippen LogP contribution in [-0.2, 0) is 9.63 Å². The summed E-state index contributed by atoms with van der Waals surface area (Å²) in [6, 6.07) is 3.15. The van der Waals surface area contributed by atoms with Crippen molar-refractivity contribution in [3.05, 3.63) is 24.5 Å². The summed E-state index contributed by atoms with van der Waals surface area (Å²) in [4.78, 5) is 28.1. The molecule has 10 heteroatoms. The molecule has 7 nitrogen and oxygen atoms in total. The summed E-state index contributed by atoms with van der Waals surface area (Å²) >= 11 is 0. The number of rotatable bonds is 4. The van der Waals surface area contributed by atoms with E-state index in [1.54, 1.807) is 12.1 Å². The predicted molar refractivity (Wildman–Crippen MR) is 82.5 cm³/mol. The third-order valence-corrected chi connectivity index (χ3v) is 3.78. The molecule has 1 unspecified atom stereocenters. The van der Waals surface area contributed by atoms with E-state index < -0.39 is 12.1 Å². The third kappa shape index (κ3) is 4.32. The summed E-state index contributed by atoms with van der Waals surface area (Å²) in [7, 11) is 0. The van der Waals surface area contributed by atoms with Gasteiger partial charge < -0.3 is 10.2 Å². The molecule has 3 heterocycles. The number of halogens is 3. The number of nitrogens with one attached hydrogen (secondary N) is 1. The highest BCUT2D eigenvalue weighted by Gasteiger charge is 2.43.